The van der Waals surface area contributed by atoms with Gasteiger partial charge in [0.15, 0.2) is 5.78 Å². The molecule has 1 aliphatic carbocycles. The number of nitrogen functional groups attached to an aromatic ring is 1. The molecule has 16 heavy (non-hydrogen) atoms. The molecule has 2 rings (SSSR count). The van der Waals surface area contributed by atoms with Crippen molar-refractivity contribution in [3.8, 4) is 0 Å². The number of allylic oxidation sites excluding steroid dienone is 2. The van der Waals surface area contributed by atoms with Gasteiger partial charge < -0.3 is 5.73 Å². The molecule has 0 spiro atoms. The lowest BCUT2D eigenvalue weighted by molar-refractivity contribution is 0.102. The second-order valence-electron chi connectivity index (χ2n) is 4.38. The van der Waals surface area contributed by atoms with E-state index in [1.807, 2.05) is 19.1 Å². The third kappa shape index (κ3) is 2.16. The number of hydrogen-bond acceptors (Lipinski definition) is 2. The van der Waals surface area contributed by atoms with Crippen LogP contribution in [0.2, 0.25) is 0 Å². The summed E-state index contributed by atoms with van der Waals surface area (Å²) >= 11 is 0. The first-order chi connectivity index (χ1) is 7.68. The zero-order valence-corrected chi connectivity index (χ0v) is 9.62. The van der Waals surface area contributed by atoms with Gasteiger partial charge in [0.05, 0.1) is 0 Å². The molecule has 0 unspecified atom stereocenters. The van der Waals surface area contributed by atoms with Gasteiger partial charge in [-0.05, 0) is 61.9 Å². The van der Waals surface area contributed by atoms with Crippen molar-refractivity contribution in [2.75, 3.05) is 5.73 Å². The molecule has 0 bridgehead atoms. The maximum atomic E-state index is 12.2. The van der Waals surface area contributed by atoms with Crippen LogP contribution in [0.3, 0.4) is 0 Å². The Labute approximate surface area is 96.2 Å². The van der Waals surface area contributed by atoms with E-state index in [4.69, 9.17) is 5.73 Å². The van der Waals surface area contributed by atoms with E-state index in [-0.39, 0.29) is 5.78 Å². The normalized spacial score (nSPS) is 15.7. The van der Waals surface area contributed by atoms with Crippen LogP contribution in [0.15, 0.2) is 29.8 Å². The van der Waals surface area contributed by atoms with Gasteiger partial charge in [-0.25, -0.2) is 0 Å². The number of ketones is 1. The van der Waals surface area contributed by atoms with Gasteiger partial charge in [-0.15, -0.1) is 0 Å². The van der Waals surface area contributed by atoms with E-state index in [2.05, 4.69) is 6.08 Å². The van der Waals surface area contributed by atoms with Crippen LogP contribution in [0.4, 0.5) is 5.69 Å². The first-order valence-corrected chi connectivity index (χ1v) is 5.78. The zero-order valence-electron chi connectivity index (χ0n) is 9.62. The topological polar surface area (TPSA) is 43.1 Å². The fourth-order valence-electron chi connectivity index (χ4n) is 2.16. The summed E-state index contributed by atoms with van der Waals surface area (Å²) in [7, 11) is 0. The van der Waals surface area contributed by atoms with Gasteiger partial charge in [0, 0.05) is 11.3 Å². The van der Waals surface area contributed by atoms with E-state index in [9.17, 15) is 4.79 Å². The van der Waals surface area contributed by atoms with E-state index in [0.29, 0.717) is 5.69 Å². The maximum absolute atomic E-state index is 12.2. The molecule has 0 radical (unpaired) electrons. The molecule has 2 N–H and O–H groups in total. The van der Waals surface area contributed by atoms with E-state index >= 15 is 0 Å². The highest BCUT2D eigenvalue weighted by molar-refractivity contribution is 6.09. The summed E-state index contributed by atoms with van der Waals surface area (Å²) < 4.78 is 0. The van der Waals surface area contributed by atoms with Gasteiger partial charge in [-0.3, -0.25) is 4.79 Å². The van der Waals surface area contributed by atoms with Crippen LogP contribution >= 0.6 is 0 Å². The van der Waals surface area contributed by atoms with Crippen LogP contribution < -0.4 is 5.73 Å². The summed E-state index contributed by atoms with van der Waals surface area (Å²) in [5, 5.41) is 0. The van der Waals surface area contributed by atoms with Gasteiger partial charge in [0.25, 0.3) is 0 Å². The summed E-state index contributed by atoms with van der Waals surface area (Å²) in [5.41, 5.74) is 9.13. The van der Waals surface area contributed by atoms with Gasteiger partial charge in [0.2, 0.25) is 0 Å². The molecule has 0 amide bonds. The second kappa shape index (κ2) is 4.52. The Kier molecular flexibility index (Phi) is 3.09. The van der Waals surface area contributed by atoms with Crippen LogP contribution in [0.25, 0.3) is 0 Å². The quantitative estimate of drug-likeness (QED) is 0.607. The van der Waals surface area contributed by atoms with Crippen LogP contribution in [-0.2, 0) is 0 Å². The average molecular weight is 215 g/mol. The van der Waals surface area contributed by atoms with Crippen LogP contribution in [0.1, 0.15) is 41.6 Å². The van der Waals surface area contributed by atoms with E-state index in [1.54, 1.807) is 6.07 Å². The standard InChI is InChI=1S/C14H17NO/c1-10-9-12(15)7-8-13(10)14(16)11-5-3-2-4-6-11/h5,7-9H,2-4,6,15H2,1H3. The number of carbonyl (C=O) groups is 1. The van der Waals surface area contributed by atoms with Crippen molar-refractivity contribution < 1.29 is 4.79 Å². The molecule has 1 aliphatic rings. The van der Waals surface area contributed by atoms with Crippen molar-refractivity contribution in [2.24, 2.45) is 0 Å². The molecular formula is C14H17NO. The number of Topliss-reactive ketones (excluding diaryl/α,β-unsaturated/α-hetero) is 1. The highest BCUT2D eigenvalue weighted by Gasteiger charge is 2.15. The molecule has 2 nitrogen and oxygen atoms in total. The first kappa shape index (κ1) is 10.9. The van der Waals surface area contributed by atoms with Gasteiger partial charge >= 0.3 is 0 Å². The van der Waals surface area contributed by atoms with Crippen molar-refractivity contribution in [1.29, 1.82) is 0 Å². The molecule has 2 heteroatoms. The molecule has 0 heterocycles. The minimum atomic E-state index is 0.178. The highest BCUT2D eigenvalue weighted by Crippen LogP contribution is 2.23. The second-order valence-corrected chi connectivity index (χ2v) is 4.38. The Morgan fingerprint density at radius 2 is 2.12 bits per heavy atom. The number of rotatable bonds is 2. The fourth-order valence-corrected chi connectivity index (χ4v) is 2.16. The van der Waals surface area contributed by atoms with Crippen molar-refractivity contribution in [3.05, 3.63) is 41.0 Å². The smallest absolute Gasteiger partial charge is 0.188 e. The lowest BCUT2D eigenvalue weighted by Gasteiger charge is -2.13. The Hall–Kier alpha value is -1.57. The third-order valence-corrected chi connectivity index (χ3v) is 3.08. The summed E-state index contributed by atoms with van der Waals surface area (Å²) in [6.07, 6.45) is 6.38. The summed E-state index contributed by atoms with van der Waals surface area (Å²) in [6, 6.07) is 5.49. The predicted octanol–water partition coefficient (Wildman–Crippen LogP) is 3.26. The van der Waals surface area contributed by atoms with Gasteiger partial charge in [0.1, 0.15) is 0 Å². The lowest BCUT2D eigenvalue weighted by Crippen LogP contribution is -2.08. The molecule has 1 aromatic carbocycles. The number of carbonyl (C=O) groups excluding carboxylic acids is 1. The number of hydrogen-bond donors (Lipinski definition) is 1. The Morgan fingerprint density at radius 1 is 1.31 bits per heavy atom. The fraction of sp³-hybridized carbons (Fsp3) is 0.357. The molecule has 84 valence electrons. The number of benzene rings is 1. The first-order valence-electron chi connectivity index (χ1n) is 5.78. The SMILES string of the molecule is Cc1cc(N)ccc1C(=O)C1=CCCCC1. The molecule has 1 aromatic rings. The maximum Gasteiger partial charge on any atom is 0.188 e. The van der Waals surface area contributed by atoms with Crippen LogP contribution in [0.5, 0.6) is 0 Å². The molecule has 0 atom stereocenters. The minimum Gasteiger partial charge on any atom is -0.399 e. The largest absolute Gasteiger partial charge is 0.399 e. The molecule has 0 saturated carbocycles. The Bertz CT molecular complexity index is 446. The van der Waals surface area contributed by atoms with Crippen LogP contribution in [-0.4, -0.2) is 5.78 Å². The lowest BCUT2D eigenvalue weighted by atomic mass is 9.91. The molecule has 0 aromatic heterocycles. The van der Waals surface area contributed by atoms with E-state index < -0.39 is 0 Å². The molecule has 0 fully saturated rings. The number of nitrogens with two attached hydrogens (primary N) is 1. The van der Waals surface area contributed by atoms with Crippen molar-refractivity contribution in [2.45, 2.75) is 32.6 Å². The average Bonchev–Trinajstić information content (AvgIpc) is 2.29. The Morgan fingerprint density at radius 3 is 2.75 bits per heavy atom. The Balaban J connectivity index is 2.30. The number of anilines is 1. The van der Waals surface area contributed by atoms with Crippen molar-refractivity contribution >= 4 is 11.5 Å². The highest BCUT2D eigenvalue weighted by atomic mass is 16.1. The minimum absolute atomic E-state index is 0.178. The summed E-state index contributed by atoms with van der Waals surface area (Å²) in [4.78, 5) is 12.2. The molecule has 0 saturated heterocycles. The van der Waals surface area contributed by atoms with E-state index in [0.717, 1.165) is 36.0 Å². The van der Waals surface area contributed by atoms with Crippen molar-refractivity contribution in [3.63, 3.8) is 0 Å². The summed E-state index contributed by atoms with van der Waals surface area (Å²) in [5.74, 6) is 0.178. The van der Waals surface area contributed by atoms with Gasteiger partial charge in [-0.2, -0.15) is 0 Å². The van der Waals surface area contributed by atoms with E-state index in [1.165, 1.54) is 6.42 Å². The van der Waals surface area contributed by atoms with Crippen molar-refractivity contribution in [1.82, 2.24) is 0 Å². The monoisotopic (exact) mass is 215 g/mol. The van der Waals surface area contributed by atoms with Crippen LogP contribution in [0, 0.1) is 6.92 Å². The molecular weight excluding hydrogens is 198 g/mol. The summed E-state index contributed by atoms with van der Waals surface area (Å²) in [6.45, 7) is 1.94. The third-order valence-electron chi connectivity index (χ3n) is 3.08. The zero-order chi connectivity index (χ0) is 11.5. The molecule has 0 aliphatic heterocycles. The predicted molar refractivity (Wildman–Crippen MR) is 66.5 cm³/mol. The number of aryl methyl sites for hydroxylation is 1. The van der Waals surface area contributed by atoms with Gasteiger partial charge in [-0.1, -0.05) is 6.08 Å².